The van der Waals surface area contributed by atoms with Crippen molar-refractivity contribution >= 4 is 11.8 Å². The minimum Gasteiger partial charge on any atom is -0.464 e. The van der Waals surface area contributed by atoms with E-state index in [2.05, 4.69) is 20.6 Å². The Kier molecular flexibility index (Phi) is 4.87. The van der Waals surface area contributed by atoms with E-state index >= 15 is 0 Å². The van der Waals surface area contributed by atoms with Crippen molar-refractivity contribution in [2.45, 2.75) is 26.8 Å². The molecule has 1 unspecified atom stereocenters. The molecule has 3 heterocycles. The summed E-state index contributed by atoms with van der Waals surface area (Å²) in [5.74, 6) is 1.18. The summed E-state index contributed by atoms with van der Waals surface area (Å²) in [4.78, 5) is 32.4. The number of carbonyl (C=O) groups excluding carboxylic acids is 2. The van der Waals surface area contributed by atoms with E-state index in [4.69, 9.17) is 13.3 Å². The van der Waals surface area contributed by atoms with Crippen LogP contribution in [0.3, 0.4) is 0 Å². The molecular formula is C17H18N4O5. The second kappa shape index (κ2) is 7.26. The number of aryl methyl sites for hydroxylation is 3. The Morgan fingerprint density at radius 1 is 1.00 bits per heavy atom. The van der Waals surface area contributed by atoms with Crippen molar-refractivity contribution in [1.29, 1.82) is 0 Å². The van der Waals surface area contributed by atoms with Crippen LogP contribution in [0.15, 0.2) is 38.2 Å². The molecule has 26 heavy (non-hydrogen) atoms. The second-order valence-electron chi connectivity index (χ2n) is 5.70. The Labute approximate surface area is 148 Å². The number of hydrogen-bond donors (Lipinski definition) is 2. The fourth-order valence-electron chi connectivity index (χ4n) is 2.42. The lowest BCUT2D eigenvalue weighted by atomic mass is 10.2. The Balaban J connectivity index is 1.74. The van der Waals surface area contributed by atoms with Gasteiger partial charge in [0.2, 0.25) is 0 Å². The molecule has 3 aromatic rings. The largest absolute Gasteiger partial charge is 0.464 e. The van der Waals surface area contributed by atoms with E-state index < -0.39 is 17.9 Å². The lowest BCUT2D eigenvalue weighted by Crippen LogP contribution is -2.38. The van der Waals surface area contributed by atoms with Crippen LogP contribution in [-0.4, -0.2) is 28.3 Å². The number of hydrogen-bond acceptors (Lipinski definition) is 7. The first-order valence-electron chi connectivity index (χ1n) is 7.91. The van der Waals surface area contributed by atoms with Crippen molar-refractivity contribution in [3.8, 4) is 0 Å². The number of rotatable bonds is 6. The maximum absolute atomic E-state index is 12.4. The van der Waals surface area contributed by atoms with Crippen molar-refractivity contribution in [1.82, 2.24) is 20.6 Å². The van der Waals surface area contributed by atoms with Gasteiger partial charge in [-0.15, -0.1) is 0 Å². The summed E-state index contributed by atoms with van der Waals surface area (Å²) in [6, 6.07) is 2.92. The Morgan fingerprint density at radius 2 is 1.62 bits per heavy atom. The Hall–Kier alpha value is -3.36. The van der Waals surface area contributed by atoms with Gasteiger partial charge in [-0.2, -0.15) is 0 Å². The first-order chi connectivity index (χ1) is 12.5. The molecule has 1 atom stereocenters. The van der Waals surface area contributed by atoms with E-state index in [9.17, 15) is 9.59 Å². The van der Waals surface area contributed by atoms with E-state index in [1.807, 2.05) is 0 Å². The number of nitrogens with one attached hydrogen (secondary N) is 2. The molecule has 0 bridgehead atoms. The molecule has 2 amide bonds. The quantitative estimate of drug-likeness (QED) is 0.691. The van der Waals surface area contributed by atoms with E-state index in [1.165, 1.54) is 12.8 Å². The molecule has 0 saturated heterocycles. The van der Waals surface area contributed by atoms with Crippen LogP contribution >= 0.6 is 0 Å². The monoisotopic (exact) mass is 358 g/mol. The van der Waals surface area contributed by atoms with Crippen LogP contribution < -0.4 is 10.6 Å². The molecule has 0 aliphatic carbocycles. The highest BCUT2D eigenvalue weighted by molar-refractivity contribution is 5.94. The highest BCUT2D eigenvalue weighted by Crippen LogP contribution is 2.17. The van der Waals surface area contributed by atoms with Gasteiger partial charge in [-0.3, -0.25) is 9.59 Å². The van der Waals surface area contributed by atoms with Gasteiger partial charge >= 0.3 is 0 Å². The van der Waals surface area contributed by atoms with Crippen LogP contribution in [-0.2, 0) is 0 Å². The van der Waals surface area contributed by atoms with Gasteiger partial charge in [-0.25, -0.2) is 9.97 Å². The third kappa shape index (κ3) is 3.66. The highest BCUT2D eigenvalue weighted by Gasteiger charge is 2.23. The average Bonchev–Trinajstić information content (AvgIpc) is 3.32. The number of nitrogens with zero attached hydrogens (tertiary/aromatic N) is 2. The zero-order valence-electron chi connectivity index (χ0n) is 14.5. The van der Waals surface area contributed by atoms with Crippen LogP contribution in [0.4, 0.5) is 0 Å². The molecular weight excluding hydrogens is 340 g/mol. The molecule has 3 aromatic heterocycles. The van der Waals surface area contributed by atoms with E-state index in [0.717, 1.165) is 0 Å². The Morgan fingerprint density at radius 3 is 2.12 bits per heavy atom. The average molecular weight is 358 g/mol. The van der Waals surface area contributed by atoms with Crippen LogP contribution in [0.2, 0.25) is 0 Å². The molecule has 0 spiro atoms. The van der Waals surface area contributed by atoms with Crippen molar-refractivity contribution < 1.29 is 22.8 Å². The molecule has 0 aliphatic heterocycles. The van der Waals surface area contributed by atoms with E-state index in [0.29, 0.717) is 23.0 Å². The van der Waals surface area contributed by atoms with Crippen LogP contribution in [0.5, 0.6) is 0 Å². The molecule has 9 nitrogen and oxygen atoms in total. The maximum atomic E-state index is 12.4. The lowest BCUT2D eigenvalue weighted by Gasteiger charge is -2.17. The van der Waals surface area contributed by atoms with Gasteiger partial charge < -0.3 is 23.9 Å². The highest BCUT2D eigenvalue weighted by atomic mass is 16.3. The van der Waals surface area contributed by atoms with Gasteiger partial charge in [-0.05, 0) is 32.9 Å². The van der Waals surface area contributed by atoms with Gasteiger partial charge in [0.1, 0.15) is 29.1 Å². The molecule has 0 saturated carbocycles. The molecule has 2 N–H and O–H groups in total. The molecule has 3 rings (SSSR count). The van der Waals surface area contributed by atoms with Gasteiger partial charge in [-0.1, -0.05) is 0 Å². The van der Waals surface area contributed by atoms with Crippen LogP contribution in [0.25, 0.3) is 0 Å². The predicted molar refractivity (Wildman–Crippen MR) is 88.5 cm³/mol. The van der Waals surface area contributed by atoms with E-state index in [-0.39, 0.29) is 17.9 Å². The number of amides is 2. The molecule has 136 valence electrons. The first-order valence-corrected chi connectivity index (χ1v) is 7.91. The lowest BCUT2D eigenvalue weighted by molar-refractivity contribution is 0.0897. The van der Waals surface area contributed by atoms with Crippen LogP contribution in [0, 0.1) is 20.8 Å². The van der Waals surface area contributed by atoms with Crippen molar-refractivity contribution in [3.05, 3.63) is 59.3 Å². The number of carbonyl (C=O) groups is 2. The fourth-order valence-corrected chi connectivity index (χ4v) is 2.42. The van der Waals surface area contributed by atoms with E-state index in [1.54, 1.807) is 32.9 Å². The summed E-state index contributed by atoms with van der Waals surface area (Å²) >= 11 is 0. The SMILES string of the molecule is Cc1ccc(C(CNC(=O)c2ncoc2C)NC(=O)c2ncoc2C)o1. The van der Waals surface area contributed by atoms with Gasteiger partial charge in [0, 0.05) is 6.54 Å². The number of furan rings is 1. The third-order valence-electron chi connectivity index (χ3n) is 3.80. The summed E-state index contributed by atoms with van der Waals surface area (Å²) in [7, 11) is 0. The Bertz CT molecular complexity index is 923. The molecule has 0 radical (unpaired) electrons. The summed E-state index contributed by atoms with van der Waals surface area (Å²) in [5, 5.41) is 5.51. The van der Waals surface area contributed by atoms with Crippen LogP contribution in [0.1, 0.15) is 50.1 Å². The zero-order valence-corrected chi connectivity index (χ0v) is 14.5. The van der Waals surface area contributed by atoms with Gasteiger partial charge in [0.05, 0.1) is 0 Å². The van der Waals surface area contributed by atoms with Crippen molar-refractivity contribution in [2.24, 2.45) is 0 Å². The van der Waals surface area contributed by atoms with Crippen molar-refractivity contribution in [2.75, 3.05) is 6.54 Å². The first kappa shape index (κ1) is 17.5. The summed E-state index contributed by atoms with van der Waals surface area (Å²) in [6.07, 6.45) is 2.40. The molecule has 0 aliphatic rings. The number of aromatic nitrogens is 2. The number of oxazole rings is 2. The topological polar surface area (TPSA) is 123 Å². The summed E-state index contributed by atoms with van der Waals surface area (Å²) in [5.41, 5.74) is 0.370. The minimum atomic E-state index is -0.594. The summed E-state index contributed by atoms with van der Waals surface area (Å²) < 4.78 is 15.7. The molecule has 0 fully saturated rings. The smallest absolute Gasteiger partial charge is 0.274 e. The maximum Gasteiger partial charge on any atom is 0.274 e. The van der Waals surface area contributed by atoms with Gasteiger partial charge in [0.15, 0.2) is 24.2 Å². The van der Waals surface area contributed by atoms with Crippen molar-refractivity contribution in [3.63, 3.8) is 0 Å². The predicted octanol–water partition coefficient (Wildman–Crippen LogP) is 2.08. The third-order valence-corrected chi connectivity index (χ3v) is 3.80. The standard InChI is InChI=1S/C17H18N4O5/c1-9-4-5-13(26-9)12(21-17(23)15-11(3)25-8-20-15)6-18-16(22)14-10(2)24-7-19-14/h4-5,7-8,12H,6H2,1-3H3,(H,18,22)(H,21,23). The second-order valence-corrected chi connectivity index (χ2v) is 5.70. The normalized spacial score (nSPS) is 12.0. The molecule has 9 heteroatoms. The fraction of sp³-hybridized carbons (Fsp3) is 0.294. The minimum absolute atomic E-state index is 0.0979. The molecule has 0 aromatic carbocycles. The van der Waals surface area contributed by atoms with Gasteiger partial charge in [0.25, 0.3) is 11.8 Å². The zero-order chi connectivity index (χ0) is 18.7. The summed E-state index contributed by atoms with van der Waals surface area (Å²) in [6.45, 7) is 5.18.